The van der Waals surface area contributed by atoms with E-state index in [0.717, 1.165) is 19.3 Å². The fourth-order valence-corrected chi connectivity index (χ4v) is 3.28. The van der Waals surface area contributed by atoms with Gasteiger partial charge in [0.1, 0.15) is 6.10 Å². The Morgan fingerprint density at radius 3 is 2.79 bits per heavy atom. The van der Waals surface area contributed by atoms with Crippen LogP contribution in [0, 0.1) is 22.0 Å². The smallest absolute Gasteiger partial charge is 0.338 e. The van der Waals surface area contributed by atoms with Crippen LogP contribution in [0.2, 0.25) is 0 Å². The average Bonchev–Trinajstić information content (AvgIpc) is 3.01. The van der Waals surface area contributed by atoms with Gasteiger partial charge in [0, 0.05) is 12.1 Å². The van der Waals surface area contributed by atoms with Gasteiger partial charge in [-0.05, 0) is 43.6 Å². The molecule has 2 bridgehead atoms. The van der Waals surface area contributed by atoms with Gasteiger partial charge in [-0.15, -0.1) is 0 Å². The number of fused-ring (bicyclic) bond motifs is 2. The lowest BCUT2D eigenvalue weighted by Crippen LogP contribution is -2.24. The molecular formula is C14H15NO4. The maximum atomic E-state index is 12.0. The first-order valence-corrected chi connectivity index (χ1v) is 6.59. The van der Waals surface area contributed by atoms with Crippen molar-refractivity contribution in [2.75, 3.05) is 0 Å². The van der Waals surface area contributed by atoms with E-state index < -0.39 is 10.9 Å². The van der Waals surface area contributed by atoms with E-state index in [1.54, 1.807) is 6.07 Å². The summed E-state index contributed by atoms with van der Waals surface area (Å²) in [6, 6.07) is 5.71. The largest absolute Gasteiger partial charge is 0.458 e. The van der Waals surface area contributed by atoms with Crippen molar-refractivity contribution in [3.63, 3.8) is 0 Å². The van der Waals surface area contributed by atoms with Gasteiger partial charge in [0.25, 0.3) is 5.69 Å². The molecule has 0 aliphatic heterocycles. The van der Waals surface area contributed by atoms with E-state index in [9.17, 15) is 14.9 Å². The summed E-state index contributed by atoms with van der Waals surface area (Å²) in [6.07, 6.45) is 4.50. The Morgan fingerprint density at radius 2 is 2.16 bits per heavy atom. The molecule has 19 heavy (non-hydrogen) atoms. The van der Waals surface area contributed by atoms with Crippen molar-refractivity contribution in [2.24, 2.45) is 11.8 Å². The minimum atomic E-state index is -0.506. The molecule has 2 fully saturated rings. The second kappa shape index (κ2) is 4.64. The third-order valence-corrected chi connectivity index (χ3v) is 4.22. The van der Waals surface area contributed by atoms with Gasteiger partial charge in [-0.25, -0.2) is 4.79 Å². The molecular weight excluding hydrogens is 246 g/mol. The average molecular weight is 261 g/mol. The third-order valence-electron chi connectivity index (χ3n) is 4.22. The number of ether oxygens (including phenoxy) is 1. The zero-order valence-electron chi connectivity index (χ0n) is 10.5. The quantitative estimate of drug-likeness (QED) is 0.476. The predicted octanol–water partition coefficient (Wildman–Crippen LogP) is 2.94. The zero-order chi connectivity index (χ0) is 13.4. The molecule has 0 spiro atoms. The summed E-state index contributed by atoms with van der Waals surface area (Å²) in [5.41, 5.74) is 0.180. The van der Waals surface area contributed by atoms with Crippen LogP contribution < -0.4 is 0 Å². The number of benzene rings is 1. The number of nitrogens with zero attached hydrogens (tertiary/aromatic N) is 1. The molecule has 2 saturated carbocycles. The van der Waals surface area contributed by atoms with E-state index in [0.29, 0.717) is 11.8 Å². The van der Waals surface area contributed by atoms with Crippen molar-refractivity contribution in [1.29, 1.82) is 0 Å². The number of hydrogen-bond acceptors (Lipinski definition) is 4. The third kappa shape index (κ3) is 2.32. The molecule has 0 saturated heterocycles. The molecule has 0 aromatic heterocycles. The Balaban J connectivity index is 1.70. The number of rotatable bonds is 3. The number of non-ortho nitro benzene ring substituents is 1. The van der Waals surface area contributed by atoms with Crippen LogP contribution in [0.25, 0.3) is 0 Å². The SMILES string of the molecule is O=C(OC1CC2CCC1C2)c1cccc([N+](=O)[O-])c1. The van der Waals surface area contributed by atoms with Gasteiger partial charge >= 0.3 is 5.97 Å². The van der Waals surface area contributed by atoms with Crippen LogP contribution in [0.3, 0.4) is 0 Å². The van der Waals surface area contributed by atoms with Gasteiger partial charge < -0.3 is 4.74 Å². The summed E-state index contributed by atoms with van der Waals surface area (Å²) in [5.74, 6) is 0.752. The number of carbonyl (C=O) groups is 1. The van der Waals surface area contributed by atoms with Gasteiger partial charge in [-0.3, -0.25) is 10.1 Å². The number of esters is 1. The van der Waals surface area contributed by atoms with E-state index in [1.807, 2.05) is 0 Å². The molecule has 3 atom stereocenters. The van der Waals surface area contributed by atoms with E-state index in [4.69, 9.17) is 4.74 Å². The maximum absolute atomic E-state index is 12.0. The van der Waals surface area contributed by atoms with Crippen molar-refractivity contribution in [3.8, 4) is 0 Å². The van der Waals surface area contributed by atoms with Crippen LogP contribution in [0.1, 0.15) is 36.0 Å². The number of nitro groups is 1. The highest BCUT2D eigenvalue weighted by Gasteiger charge is 2.41. The summed E-state index contributed by atoms with van der Waals surface area (Å²) in [7, 11) is 0. The minimum absolute atomic E-state index is 0.00510. The molecule has 1 aromatic rings. The second-order valence-electron chi connectivity index (χ2n) is 5.43. The Hall–Kier alpha value is -1.91. The minimum Gasteiger partial charge on any atom is -0.458 e. The molecule has 2 aliphatic carbocycles. The molecule has 0 heterocycles. The zero-order valence-corrected chi connectivity index (χ0v) is 10.5. The second-order valence-corrected chi connectivity index (χ2v) is 5.43. The van der Waals surface area contributed by atoms with Crippen molar-refractivity contribution < 1.29 is 14.5 Å². The first kappa shape index (κ1) is 12.1. The fourth-order valence-electron chi connectivity index (χ4n) is 3.28. The lowest BCUT2D eigenvalue weighted by Gasteiger charge is -2.21. The predicted molar refractivity (Wildman–Crippen MR) is 67.7 cm³/mol. The van der Waals surface area contributed by atoms with Crippen LogP contribution in [-0.2, 0) is 4.74 Å². The number of carbonyl (C=O) groups excluding carboxylic acids is 1. The molecule has 0 radical (unpaired) electrons. The summed E-state index contributed by atoms with van der Waals surface area (Å²) >= 11 is 0. The van der Waals surface area contributed by atoms with Crippen LogP contribution in [0.5, 0.6) is 0 Å². The fraction of sp³-hybridized carbons (Fsp3) is 0.500. The Labute approximate surface area is 110 Å². The van der Waals surface area contributed by atoms with Crippen molar-refractivity contribution in [1.82, 2.24) is 0 Å². The van der Waals surface area contributed by atoms with Gasteiger partial charge in [-0.1, -0.05) is 6.07 Å². The molecule has 0 N–H and O–H groups in total. The maximum Gasteiger partial charge on any atom is 0.338 e. The van der Waals surface area contributed by atoms with Crippen LogP contribution in [-0.4, -0.2) is 17.0 Å². The van der Waals surface area contributed by atoms with Crippen LogP contribution in [0.4, 0.5) is 5.69 Å². The summed E-state index contributed by atoms with van der Waals surface area (Å²) in [4.78, 5) is 22.2. The first-order chi connectivity index (χ1) is 9.13. The van der Waals surface area contributed by atoms with Gasteiger partial charge in [0.05, 0.1) is 10.5 Å². The first-order valence-electron chi connectivity index (χ1n) is 6.59. The summed E-state index contributed by atoms with van der Waals surface area (Å²) in [6.45, 7) is 0. The van der Waals surface area contributed by atoms with E-state index in [1.165, 1.54) is 24.6 Å². The van der Waals surface area contributed by atoms with E-state index in [-0.39, 0.29) is 17.4 Å². The molecule has 1 aromatic carbocycles. The highest BCUT2D eigenvalue weighted by atomic mass is 16.6. The van der Waals surface area contributed by atoms with Gasteiger partial charge in [-0.2, -0.15) is 0 Å². The molecule has 3 unspecified atom stereocenters. The monoisotopic (exact) mass is 261 g/mol. The number of nitro benzene ring substituents is 1. The standard InChI is InChI=1S/C14H15NO4/c16-14(11-2-1-3-12(8-11)15(17)18)19-13-7-9-4-5-10(13)6-9/h1-3,8-10,13H,4-7H2. The van der Waals surface area contributed by atoms with Crippen molar-refractivity contribution in [2.45, 2.75) is 31.8 Å². The van der Waals surface area contributed by atoms with Crippen LogP contribution >= 0.6 is 0 Å². The summed E-state index contributed by atoms with van der Waals surface area (Å²) < 4.78 is 5.50. The molecule has 5 nitrogen and oxygen atoms in total. The molecule has 5 heteroatoms. The molecule has 2 aliphatic rings. The van der Waals surface area contributed by atoms with E-state index >= 15 is 0 Å². The molecule has 3 rings (SSSR count). The van der Waals surface area contributed by atoms with Crippen molar-refractivity contribution in [3.05, 3.63) is 39.9 Å². The molecule has 0 amide bonds. The molecule has 100 valence electrons. The van der Waals surface area contributed by atoms with Crippen LogP contribution in [0.15, 0.2) is 24.3 Å². The highest BCUT2D eigenvalue weighted by Crippen LogP contribution is 2.46. The lowest BCUT2D eigenvalue weighted by atomic mass is 9.98. The Bertz CT molecular complexity index is 528. The Kier molecular flexibility index (Phi) is 2.97. The topological polar surface area (TPSA) is 69.4 Å². The van der Waals surface area contributed by atoms with Gasteiger partial charge in [0.15, 0.2) is 0 Å². The Morgan fingerprint density at radius 1 is 1.32 bits per heavy atom. The summed E-state index contributed by atoms with van der Waals surface area (Å²) in [5, 5.41) is 10.7. The van der Waals surface area contributed by atoms with Crippen molar-refractivity contribution >= 4 is 11.7 Å². The van der Waals surface area contributed by atoms with E-state index in [2.05, 4.69) is 0 Å². The highest BCUT2D eigenvalue weighted by molar-refractivity contribution is 5.90. The van der Waals surface area contributed by atoms with Gasteiger partial charge in [0.2, 0.25) is 0 Å². The lowest BCUT2D eigenvalue weighted by molar-refractivity contribution is -0.384. The number of hydrogen-bond donors (Lipinski definition) is 0. The normalized spacial score (nSPS) is 28.3.